The summed E-state index contributed by atoms with van der Waals surface area (Å²) in [5.41, 5.74) is 10.6. The predicted molar refractivity (Wildman–Crippen MR) is 161 cm³/mol. The van der Waals surface area contributed by atoms with Crippen LogP contribution >= 0.6 is 17.0 Å². The van der Waals surface area contributed by atoms with Gasteiger partial charge in [-0.25, -0.2) is 0 Å². The number of rotatable bonds is 2. The summed E-state index contributed by atoms with van der Waals surface area (Å²) in [6.45, 7) is 8.68. The summed E-state index contributed by atoms with van der Waals surface area (Å²) in [6, 6.07) is 39.3. The number of aryl methyl sites for hydroxylation is 4. The van der Waals surface area contributed by atoms with Crippen LogP contribution < -0.4 is 0 Å². The fraction of sp³-hybridized carbons (Fsp3) is 0.118. The Balaban J connectivity index is 0.000000157. The average Bonchev–Trinajstić information content (AvgIpc) is 3.51. The van der Waals surface area contributed by atoms with E-state index in [4.69, 9.17) is 17.0 Å². The Hall–Kier alpha value is -2.44. The molecule has 184 valence electrons. The summed E-state index contributed by atoms with van der Waals surface area (Å²) in [4.78, 5) is 0. The topological polar surface area (TPSA) is 0 Å². The van der Waals surface area contributed by atoms with Gasteiger partial charge in [0.1, 0.15) is 0 Å². The number of hydrogen-bond donors (Lipinski definition) is 0. The van der Waals surface area contributed by atoms with Gasteiger partial charge < -0.3 is 0 Å². The molecule has 0 saturated heterocycles. The Morgan fingerprint density at radius 2 is 0.865 bits per heavy atom. The van der Waals surface area contributed by atoms with E-state index in [-0.39, 0.29) is 0 Å². The molecule has 3 heteroatoms. The molecule has 6 aromatic rings. The van der Waals surface area contributed by atoms with Gasteiger partial charge in [0, 0.05) is 0 Å². The first-order valence-corrected chi connectivity index (χ1v) is 18.6. The second kappa shape index (κ2) is 12.9. The van der Waals surface area contributed by atoms with Crippen molar-refractivity contribution in [2.75, 3.05) is 0 Å². The zero-order valence-corrected chi connectivity index (χ0v) is 25.6. The van der Waals surface area contributed by atoms with E-state index in [1.54, 1.807) is 0 Å². The van der Waals surface area contributed by atoms with Crippen LogP contribution in [0.1, 0.15) is 22.3 Å². The van der Waals surface area contributed by atoms with Gasteiger partial charge in [0.15, 0.2) is 0 Å². The molecule has 0 nitrogen and oxygen atoms in total. The van der Waals surface area contributed by atoms with E-state index in [1.165, 1.54) is 66.1 Å². The van der Waals surface area contributed by atoms with Gasteiger partial charge in [0.2, 0.25) is 0 Å². The van der Waals surface area contributed by atoms with Crippen LogP contribution in [0, 0.1) is 27.7 Å². The van der Waals surface area contributed by atoms with E-state index < -0.39 is 20.8 Å². The molecule has 6 rings (SSSR count). The molecule has 0 radical (unpaired) electrons. The fourth-order valence-electron chi connectivity index (χ4n) is 4.98. The Morgan fingerprint density at radius 3 is 1.22 bits per heavy atom. The third-order valence-corrected chi connectivity index (χ3v) is 6.56. The molecule has 0 spiro atoms. The molecule has 0 aliphatic carbocycles. The Morgan fingerprint density at radius 1 is 0.514 bits per heavy atom. The normalized spacial score (nSPS) is 10.3. The van der Waals surface area contributed by atoms with E-state index in [0.29, 0.717) is 0 Å². The van der Waals surface area contributed by atoms with Gasteiger partial charge in [0.25, 0.3) is 0 Å². The first-order chi connectivity index (χ1) is 17.9. The molecule has 0 unspecified atom stereocenters. The standard InChI is InChI=1S/2C17H15.2ClH.Zr/c2*1-12-8-13(2)17-11-15(10-16(17)9-12)14-6-4-3-5-7-14;;;/h2*3-11H,1-2H3;2*1H;/q2*-1;;;+4/p-2. The van der Waals surface area contributed by atoms with Crippen LogP contribution in [-0.2, 0) is 20.8 Å². The first-order valence-electron chi connectivity index (χ1n) is 12.3. The van der Waals surface area contributed by atoms with Gasteiger partial charge >= 0.3 is 37.9 Å². The number of fused-ring (bicyclic) bond motifs is 2. The molecule has 0 atom stereocenters. The van der Waals surface area contributed by atoms with Crippen molar-refractivity contribution in [3.05, 3.63) is 131 Å². The Bertz CT molecular complexity index is 1470. The van der Waals surface area contributed by atoms with E-state index >= 15 is 0 Å². The summed E-state index contributed by atoms with van der Waals surface area (Å²) < 4.78 is 0. The van der Waals surface area contributed by atoms with Gasteiger partial charge in [-0.3, -0.25) is 0 Å². The van der Waals surface area contributed by atoms with Crippen molar-refractivity contribution < 1.29 is 20.8 Å². The van der Waals surface area contributed by atoms with Gasteiger partial charge in [-0.1, -0.05) is 106 Å². The molecule has 0 aliphatic rings. The quantitative estimate of drug-likeness (QED) is 0.174. The molecule has 0 bridgehead atoms. The molecule has 0 aromatic heterocycles. The molecule has 0 amide bonds. The number of benzene rings is 4. The predicted octanol–water partition coefficient (Wildman–Crippen LogP) is 11.1. The van der Waals surface area contributed by atoms with Crippen LogP contribution in [0.3, 0.4) is 0 Å². The molecule has 0 fully saturated rings. The van der Waals surface area contributed by atoms with E-state index in [1.807, 2.05) is 0 Å². The van der Waals surface area contributed by atoms with Crippen molar-refractivity contribution in [3.8, 4) is 22.3 Å². The van der Waals surface area contributed by atoms with Gasteiger partial charge in [-0.05, 0) is 27.7 Å². The maximum atomic E-state index is 4.93. The third kappa shape index (κ3) is 6.91. The minimum absolute atomic E-state index is 0.826. The second-order valence-electron chi connectivity index (χ2n) is 9.46. The zero-order valence-electron chi connectivity index (χ0n) is 21.6. The molecule has 0 heterocycles. The molecule has 6 aromatic carbocycles. The van der Waals surface area contributed by atoms with E-state index in [2.05, 4.69) is 137 Å². The van der Waals surface area contributed by atoms with Crippen molar-refractivity contribution in [1.82, 2.24) is 0 Å². The summed E-state index contributed by atoms with van der Waals surface area (Å²) in [7, 11) is 9.87. The van der Waals surface area contributed by atoms with Crippen LogP contribution in [-0.4, -0.2) is 0 Å². The van der Waals surface area contributed by atoms with Crippen molar-refractivity contribution in [2.24, 2.45) is 0 Å². The van der Waals surface area contributed by atoms with Crippen molar-refractivity contribution >= 4 is 38.6 Å². The van der Waals surface area contributed by atoms with Crippen molar-refractivity contribution in [2.45, 2.75) is 27.7 Å². The SMILES string of the molecule is Cc1cc(C)c2cc(-c3ccccc3)[cH-]c2c1.Cc1cc(C)c2cc(-c3ccccc3)[cH-]c2c1.[Cl][Zr+2][Cl]. The maximum absolute atomic E-state index is 4.93. The molecule has 37 heavy (non-hydrogen) atoms. The molecule has 0 N–H and O–H groups in total. The summed E-state index contributed by atoms with van der Waals surface area (Å²) >= 11 is -0.826. The molecular formula is C34H30Cl2Zr. The van der Waals surface area contributed by atoms with Gasteiger partial charge in [-0.15, -0.1) is 69.1 Å². The summed E-state index contributed by atoms with van der Waals surface area (Å²) in [6.07, 6.45) is 0. The fourth-order valence-corrected chi connectivity index (χ4v) is 4.98. The van der Waals surface area contributed by atoms with Crippen LogP contribution in [0.25, 0.3) is 43.8 Å². The monoisotopic (exact) mass is 598 g/mol. The van der Waals surface area contributed by atoms with Gasteiger partial charge in [-0.2, -0.15) is 0 Å². The zero-order chi connectivity index (χ0) is 26.4. The molecular weight excluding hydrogens is 571 g/mol. The summed E-state index contributed by atoms with van der Waals surface area (Å²) in [5.74, 6) is 0. The summed E-state index contributed by atoms with van der Waals surface area (Å²) in [5, 5.41) is 5.44. The molecule has 0 aliphatic heterocycles. The Kier molecular flexibility index (Phi) is 9.61. The van der Waals surface area contributed by atoms with Crippen LogP contribution in [0.15, 0.2) is 109 Å². The van der Waals surface area contributed by atoms with Crippen LogP contribution in [0.5, 0.6) is 0 Å². The number of hydrogen-bond acceptors (Lipinski definition) is 0. The Labute approximate surface area is 239 Å². The average molecular weight is 601 g/mol. The van der Waals surface area contributed by atoms with Gasteiger partial charge in [0.05, 0.1) is 0 Å². The first kappa shape index (κ1) is 27.6. The third-order valence-electron chi connectivity index (χ3n) is 6.56. The minimum atomic E-state index is -0.826. The van der Waals surface area contributed by atoms with Crippen molar-refractivity contribution in [3.63, 3.8) is 0 Å². The van der Waals surface area contributed by atoms with Crippen LogP contribution in [0.2, 0.25) is 0 Å². The molecule has 0 saturated carbocycles. The van der Waals surface area contributed by atoms with Crippen LogP contribution in [0.4, 0.5) is 0 Å². The van der Waals surface area contributed by atoms with E-state index in [9.17, 15) is 0 Å². The second-order valence-corrected chi connectivity index (χ2v) is 13.2. The van der Waals surface area contributed by atoms with Crippen molar-refractivity contribution in [1.29, 1.82) is 0 Å². The van der Waals surface area contributed by atoms with E-state index in [0.717, 1.165) is 0 Å². The number of halogens is 2.